The molecule has 2 N–H and O–H groups in total. The van der Waals surface area contributed by atoms with Crippen LogP contribution in [0.4, 0.5) is 0 Å². The minimum absolute atomic E-state index is 0.223. The molecule has 1 fully saturated rings. The average molecular weight is 256 g/mol. The lowest BCUT2D eigenvalue weighted by atomic mass is 9.99. The number of nitrogens with zero attached hydrogens (tertiary/aromatic N) is 1. The van der Waals surface area contributed by atoms with Gasteiger partial charge in [-0.3, -0.25) is 4.79 Å². The fourth-order valence-corrected chi connectivity index (χ4v) is 2.78. The second-order valence-electron chi connectivity index (χ2n) is 5.26. The molecule has 18 heavy (non-hydrogen) atoms. The van der Waals surface area contributed by atoms with Crippen LogP contribution in [-0.2, 0) is 9.53 Å². The summed E-state index contributed by atoms with van der Waals surface area (Å²) in [5.74, 6) is -0.223. The quantitative estimate of drug-likeness (QED) is 0.707. The van der Waals surface area contributed by atoms with Crippen LogP contribution in [0.1, 0.15) is 52.9 Å². The number of carbonyl (C=O) groups excluding carboxylic acids is 1. The predicted octanol–water partition coefficient (Wildman–Crippen LogP) is 1.92. The van der Waals surface area contributed by atoms with E-state index in [1.807, 2.05) is 6.92 Å². The lowest BCUT2D eigenvalue weighted by Crippen LogP contribution is -2.48. The third kappa shape index (κ3) is 3.69. The molecule has 0 aromatic heterocycles. The van der Waals surface area contributed by atoms with E-state index in [-0.39, 0.29) is 5.97 Å². The predicted molar refractivity (Wildman–Crippen MR) is 73.3 cm³/mol. The van der Waals surface area contributed by atoms with Gasteiger partial charge in [0.1, 0.15) is 5.54 Å². The molecule has 1 rings (SSSR count). The molecule has 0 radical (unpaired) electrons. The van der Waals surface area contributed by atoms with Gasteiger partial charge in [0.15, 0.2) is 0 Å². The maximum atomic E-state index is 11.9. The third-order valence-corrected chi connectivity index (χ3v) is 3.93. The van der Waals surface area contributed by atoms with Crippen molar-refractivity contribution in [2.75, 3.05) is 19.7 Å². The third-order valence-electron chi connectivity index (χ3n) is 3.93. The van der Waals surface area contributed by atoms with Gasteiger partial charge in [-0.25, -0.2) is 0 Å². The highest BCUT2D eigenvalue weighted by molar-refractivity contribution is 5.81. The van der Waals surface area contributed by atoms with Crippen molar-refractivity contribution in [2.24, 2.45) is 5.73 Å². The molecule has 0 aliphatic heterocycles. The molecule has 0 heterocycles. The summed E-state index contributed by atoms with van der Waals surface area (Å²) >= 11 is 0. The normalized spacial score (nSPS) is 27.7. The van der Waals surface area contributed by atoms with Gasteiger partial charge < -0.3 is 15.4 Å². The average Bonchev–Trinajstić information content (AvgIpc) is 2.75. The van der Waals surface area contributed by atoms with Crippen LogP contribution < -0.4 is 5.73 Å². The molecule has 0 saturated heterocycles. The molecule has 0 spiro atoms. The Kier molecular flexibility index (Phi) is 6.09. The van der Waals surface area contributed by atoms with Gasteiger partial charge >= 0.3 is 5.97 Å². The van der Waals surface area contributed by atoms with Crippen molar-refractivity contribution in [3.63, 3.8) is 0 Å². The van der Waals surface area contributed by atoms with Gasteiger partial charge in [0.25, 0.3) is 0 Å². The SMILES string of the molecule is CCCCN(CC)C1CCC(N)(C(=O)OCC)C1. The van der Waals surface area contributed by atoms with Crippen LogP contribution in [0, 0.1) is 0 Å². The van der Waals surface area contributed by atoms with Gasteiger partial charge in [-0.2, -0.15) is 0 Å². The second kappa shape index (κ2) is 7.10. The molecule has 0 bridgehead atoms. The standard InChI is InChI=1S/C14H28N2O2/c1-4-7-10-16(5-2)12-8-9-14(15,11-12)13(17)18-6-3/h12H,4-11,15H2,1-3H3. The fraction of sp³-hybridized carbons (Fsp3) is 0.929. The Morgan fingerprint density at radius 1 is 1.44 bits per heavy atom. The Bertz CT molecular complexity index is 271. The smallest absolute Gasteiger partial charge is 0.326 e. The molecule has 2 atom stereocenters. The van der Waals surface area contributed by atoms with Crippen molar-refractivity contribution < 1.29 is 9.53 Å². The summed E-state index contributed by atoms with van der Waals surface area (Å²) in [5.41, 5.74) is 5.45. The molecule has 4 heteroatoms. The van der Waals surface area contributed by atoms with E-state index < -0.39 is 5.54 Å². The lowest BCUT2D eigenvalue weighted by molar-refractivity contribution is -0.149. The summed E-state index contributed by atoms with van der Waals surface area (Å²) in [4.78, 5) is 14.3. The number of unbranched alkanes of at least 4 members (excludes halogenated alkanes) is 1. The van der Waals surface area contributed by atoms with Crippen molar-refractivity contribution in [1.29, 1.82) is 0 Å². The van der Waals surface area contributed by atoms with Crippen molar-refractivity contribution >= 4 is 5.97 Å². The lowest BCUT2D eigenvalue weighted by Gasteiger charge is -2.29. The zero-order chi connectivity index (χ0) is 13.6. The van der Waals surface area contributed by atoms with Crippen molar-refractivity contribution in [3.8, 4) is 0 Å². The van der Waals surface area contributed by atoms with Crippen LogP contribution in [0.2, 0.25) is 0 Å². The summed E-state index contributed by atoms with van der Waals surface area (Å²) < 4.78 is 5.09. The molecule has 2 unspecified atom stereocenters. The Balaban J connectivity index is 2.55. The number of nitrogens with two attached hydrogens (primary N) is 1. The summed E-state index contributed by atoms with van der Waals surface area (Å²) in [5, 5.41) is 0. The monoisotopic (exact) mass is 256 g/mol. The van der Waals surface area contributed by atoms with E-state index in [0.29, 0.717) is 12.6 Å². The van der Waals surface area contributed by atoms with E-state index >= 15 is 0 Å². The molecule has 1 saturated carbocycles. The molecule has 4 nitrogen and oxygen atoms in total. The van der Waals surface area contributed by atoms with Crippen molar-refractivity contribution in [3.05, 3.63) is 0 Å². The number of rotatable bonds is 7. The summed E-state index contributed by atoms with van der Waals surface area (Å²) in [6, 6.07) is 0.441. The van der Waals surface area contributed by atoms with Gasteiger partial charge in [-0.05, 0) is 45.7 Å². The van der Waals surface area contributed by atoms with Crippen molar-refractivity contribution in [1.82, 2.24) is 4.90 Å². The van der Waals surface area contributed by atoms with E-state index in [0.717, 1.165) is 32.4 Å². The van der Waals surface area contributed by atoms with E-state index in [4.69, 9.17) is 10.5 Å². The van der Waals surface area contributed by atoms with Crippen molar-refractivity contribution in [2.45, 2.75) is 64.5 Å². The summed E-state index contributed by atoms with van der Waals surface area (Å²) in [7, 11) is 0. The Morgan fingerprint density at radius 3 is 2.72 bits per heavy atom. The molecule has 0 aromatic carbocycles. The highest BCUT2D eigenvalue weighted by Crippen LogP contribution is 2.32. The molecular formula is C14H28N2O2. The number of hydrogen-bond acceptors (Lipinski definition) is 4. The molecule has 0 aromatic rings. The highest BCUT2D eigenvalue weighted by Gasteiger charge is 2.44. The topological polar surface area (TPSA) is 55.6 Å². The zero-order valence-electron chi connectivity index (χ0n) is 12.1. The minimum Gasteiger partial charge on any atom is -0.465 e. The van der Waals surface area contributed by atoms with Gasteiger partial charge in [0.05, 0.1) is 6.61 Å². The molecule has 1 aliphatic carbocycles. The second-order valence-corrected chi connectivity index (χ2v) is 5.26. The van der Waals surface area contributed by atoms with E-state index in [1.165, 1.54) is 12.8 Å². The van der Waals surface area contributed by atoms with Crippen LogP contribution in [0.15, 0.2) is 0 Å². The molecular weight excluding hydrogens is 228 g/mol. The zero-order valence-corrected chi connectivity index (χ0v) is 12.1. The van der Waals surface area contributed by atoms with Crippen LogP contribution >= 0.6 is 0 Å². The van der Waals surface area contributed by atoms with Gasteiger partial charge in [-0.15, -0.1) is 0 Å². The summed E-state index contributed by atoms with van der Waals surface area (Å²) in [6.45, 7) is 8.76. The summed E-state index contributed by atoms with van der Waals surface area (Å²) in [6.07, 6.45) is 4.91. The largest absolute Gasteiger partial charge is 0.465 e. The van der Waals surface area contributed by atoms with E-state index in [9.17, 15) is 4.79 Å². The van der Waals surface area contributed by atoms with Gasteiger partial charge in [0, 0.05) is 6.04 Å². The molecule has 0 amide bonds. The number of carbonyl (C=O) groups is 1. The van der Waals surface area contributed by atoms with E-state index in [2.05, 4.69) is 18.7 Å². The Hall–Kier alpha value is -0.610. The number of esters is 1. The fourth-order valence-electron chi connectivity index (χ4n) is 2.78. The number of ether oxygens (including phenoxy) is 1. The highest BCUT2D eigenvalue weighted by atomic mass is 16.5. The minimum atomic E-state index is -0.750. The van der Waals surface area contributed by atoms with Crippen LogP contribution in [-0.4, -0.2) is 42.1 Å². The maximum Gasteiger partial charge on any atom is 0.326 e. The first-order valence-electron chi connectivity index (χ1n) is 7.27. The van der Waals surface area contributed by atoms with Gasteiger partial charge in [0.2, 0.25) is 0 Å². The van der Waals surface area contributed by atoms with Crippen LogP contribution in [0.25, 0.3) is 0 Å². The van der Waals surface area contributed by atoms with Crippen LogP contribution in [0.3, 0.4) is 0 Å². The van der Waals surface area contributed by atoms with Crippen LogP contribution in [0.5, 0.6) is 0 Å². The molecule has 106 valence electrons. The first kappa shape index (κ1) is 15.4. The maximum absolute atomic E-state index is 11.9. The van der Waals surface area contributed by atoms with E-state index in [1.54, 1.807) is 0 Å². The van der Waals surface area contributed by atoms with Gasteiger partial charge in [-0.1, -0.05) is 20.3 Å². The molecule has 1 aliphatic rings. The Labute approximate surface area is 111 Å². The Morgan fingerprint density at radius 2 is 2.17 bits per heavy atom. The first-order valence-corrected chi connectivity index (χ1v) is 7.27. The first-order chi connectivity index (χ1) is 8.57. The number of hydrogen-bond donors (Lipinski definition) is 1.